The molecule has 0 spiro atoms. The van der Waals surface area contributed by atoms with Gasteiger partial charge in [-0.05, 0) is 37.6 Å². The second kappa shape index (κ2) is 4.85. The van der Waals surface area contributed by atoms with Gasteiger partial charge < -0.3 is 9.73 Å². The SMILES string of the molecule is Cc1ccc(C(C)NC(=O)c2nnc(Cl)s2)o1. The zero-order valence-electron chi connectivity index (χ0n) is 9.23. The fourth-order valence-electron chi connectivity index (χ4n) is 1.31. The fraction of sp³-hybridized carbons (Fsp3) is 0.300. The van der Waals surface area contributed by atoms with Crippen LogP contribution >= 0.6 is 22.9 Å². The number of nitrogens with one attached hydrogen (secondary N) is 1. The zero-order valence-corrected chi connectivity index (χ0v) is 10.8. The van der Waals surface area contributed by atoms with Crippen molar-refractivity contribution in [2.45, 2.75) is 19.9 Å². The second-order valence-corrected chi connectivity index (χ2v) is 5.06. The Morgan fingerprint density at radius 3 is 2.82 bits per heavy atom. The molecule has 1 unspecified atom stereocenters. The van der Waals surface area contributed by atoms with Crippen LogP contribution in [-0.2, 0) is 0 Å². The third-order valence-electron chi connectivity index (χ3n) is 2.13. The number of furan rings is 1. The standard InChI is InChI=1S/C10H10ClN3O2S/c1-5-3-4-7(16-5)6(2)12-8(15)9-13-14-10(11)17-9/h3-4,6H,1-2H3,(H,12,15). The molecule has 2 aromatic rings. The van der Waals surface area contributed by atoms with E-state index in [1.807, 2.05) is 26.0 Å². The molecule has 1 N–H and O–H groups in total. The third-order valence-corrected chi connectivity index (χ3v) is 3.15. The quantitative estimate of drug-likeness (QED) is 0.932. The molecule has 0 aromatic carbocycles. The first-order chi connectivity index (χ1) is 8.06. The molecular formula is C10H10ClN3O2S. The molecule has 90 valence electrons. The van der Waals surface area contributed by atoms with Gasteiger partial charge in [-0.3, -0.25) is 4.79 Å². The maximum atomic E-state index is 11.7. The topological polar surface area (TPSA) is 68.0 Å². The Balaban J connectivity index is 2.04. The van der Waals surface area contributed by atoms with Gasteiger partial charge in [0.2, 0.25) is 9.47 Å². The van der Waals surface area contributed by atoms with Gasteiger partial charge in [-0.15, -0.1) is 10.2 Å². The Morgan fingerprint density at radius 1 is 1.53 bits per heavy atom. The van der Waals surface area contributed by atoms with E-state index in [1.165, 1.54) is 0 Å². The summed E-state index contributed by atoms with van der Waals surface area (Å²) in [6.45, 7) is 3.68. The van der Waals surface area contributed by atoms with Gasteiger partial charge in [-0.2, -0.15) is 0 Å². The first-order valence-electron chi connectivity index (χ1n) is 4.92. The Kier molecular flexibility index (Phi) is 3.44. The highest BCUT2D eigenvalue weighted by atomic mass is 35.5. The smallest absolute Gasteiger partial charge is 0.282 e. The summed E-state index contributed by atoms with van der Waals surface area (Å²) in [5.74, 6) is 1.20. The van der Waals surface area contributed by atoms with Gasteiger partial charge in [0, 0.05) is 0 Å². The highest BCUT2D eigenvalue weighted by molar-refractivity contribution is 7.17. The molecular weight excluding hydrogens is 262 g/mol. The molecule has 0 aliphatic rings. The number of aromatic nitrogens is 2. The van der Waals surface area contributed by atoms with E-state index in [9.17, 15) is 4.79 Å². The van der Waals surface area contributed by atoms with Crippen LogP contribution < -0.4 is 5.32 Å². The molecule has 0 aliphatic heterocycles. The predicted octanol–water partition coefficient (Wildman–Crippen LogP) is 2.58. The van der Waals surface area contributed by atoms with Crippen molar-refractivity contribution in [1.82, 2.24) is 15.5 Å². The maximum absolute atomic E-state index is 11.7. The molecule has 1 amide bonds. The lowest BCUT2D eigenvalue weighted by atomic mass is 10.2. The normalized spacial score (nSPS) is 12.4. The number of nitrogens with zero attached hydrogens (tertiary/aromatic N) is 2. The molecule has 1 atom stereocenters. The Labute approximate surface area is 107 Å². The molecule has 0 saturated heterocycles. The van der Waals surface area contributed by atoms with Crippen molar-refractivity contribution in [3.63, 3.8) is 0 Å². The maximum Gasteiger partial charge on any atom is 0.282 e. The number of carbonyl (C=O) groups excluding carboxylic acids is 1. The summed E-state index contributed by atoms with van der Waals surface area (Å²) in [5, 5.41) is 10.2. The van der Waals surface area contributed by atoms with Crippen LogP contribution in [0.3, 0.4) is 0 Å². The minimum absolute atomic E-state index is 0.223. The Morgan fingerprint density at radius 2 is 2.29 bits per heavy atom. The van der Waals surface area contributed by atoms with E-state index in [2.05, 4.69) is 15.5 Å². The summed E-state index contributed by atoms with van der Waals surface area (Å²) < 4.78 is 5.66. The highest BCUT2D eigenvalue weighted by Crippen LogP contribution is 2.18. The first kappa shape index (κ1) is 12.1. The lowest BCUT2D eigenvalue weighted by Gasteiger charge is -2.09. The second-order valence-electron chi connectivity index (χ2n) is 3.50. The van der Waals surface area contributed by atoms with Gasteiger partial charge in [-0.1, -0.05) is 11.3 Å². The zero-order chi connectivity index (χ0) is 12.4. The number of rotatable bonds is 3. The van der Waals surface area contributed by atoms with Crippen molar-refractivity contribution < 1.29 is 9.21 Å². The number of hydrogen-bond donors (Lipinski definition) is 1. The summed E-state index contributed by atoms with van der Waals surface area (Å²) in [7, 11) is 0. The van der Waals surface area contributed by atoms with E-state index >= 15 is 0 Å². The van der Waals surface area contributed by atoms with Gasteiger partial charge >= 0.3 is 0 Å². The summed E-state index contributed by atoms with van der Waals surface area (Å²) >= 11 is 6.65. The Bertz CT molecular complexity index is 537. The van der Waals surface area contributed by atoms with Crippen LogP contribution in [0.1, 0.15) is 34.3 Å². The number of hydrogen-bond acceptors (Lipinski definition) is 5. The van der Waals surface area contributed by atoms with Crippen LogP contribution in [0, 0.1) is 6.92 Å². The summed E-state index contributed by atoms with van der Waals surface area (Å²) in [5.41, 5.74) is 0. The van der Waals surface area contributed by atoms with Gasteiger partial charge in [-0.25, -0.2) is 0 Å². The molecule has 0 bridgehead atoms. The fourth-order valence-corrected chi connectivity index (χ4v) is 2.04. The lowest BCUT2D eigenvalue weighted by molar-refractivity contribution is 0.0934. The molecule has 0 aliphatic carbocycles. The van der Waals surface area contributed by atoms with Gasteiger partial charge in [0.1, 0.15) is 11.5 Å². The molecule has 2 aromatic heterocycles. The van der Waals surface area contributed by atoms with Gasteiger partial charge in [0.05, 0.1) is 6.04 Å². The van der Waals surface area contributed by atoms with Crippen molar-refractivity contribution in [2.75, 3.05) is 0 Å². The van der Waals surface area contributed by atoms with Crippen LogP contribution in [0.2, 0.25) is 4.47 Å². The van der Waals surface area contributed by atoms with Gasteiger partial charge in [0.25, 0.3) is 5.91 Å². The molecule has 7 heteroatoms. The molecule has 0 radical (unpaired) electrons. The number of aryl methyl sites for hydroxylation is 1. The number of carbonyl (C=O) groups is 1. The average Bonchev–Trinajstić information content (AvgIpc) is 2.87. The molecule has 0 saturated carbocycles. The van der Waals surface area contributed by atoms with Gasteiger partial charge in [0.15, 0.2) is 0 Å². The van der Waals surface area contributed by atoms with E-state index in [1.54, 1.807) is 0 Å². The third kappa shape index (κ3) is 2.83. The largest absolute Gasteiger partial charge is 0.464 e. The van der Waals surface area contributed by atoms with Crippen LogP contribution in [0.15, 0.2) is 16.5 Å². The molecule has 0 fully saturated rings. The van der Waals surface area contributed by atoms with Crippen molar-refractivity contribution in [1.29, 1.82) is 0 Å². The summed E-state index contributed by atoms with van der Waals surface area (Å²) in [6.07, 6.45) is 0. The lowest BCUT2D eigenvalue weighted by Crippen LogP contribution is -2.26. The summed E-state index contributed by atoms with van der Waals surface area (Å²) in [4.78, 5) is 11.7. The Hall–Kier alpha value is -1.40. The minimum atomic E-state index is -0.309. The summed E-state index contributed by atoms with van der Waals surface area (Å²) in [6, 6.07) is 3.45. The van der Waals surface area contributed by atoms with Crippen LogP contribution in [0.4, 0.5) is 0 Å². The molecule has 17 heavy (non-hydrogen) atoms. The predicted molar refractivity (Wildman–Crippen MR) is 64.2 cm³/mol. The van der Waals surface area contributed by atoms with E-state index in [-0.39, 0.29) is 21.4 Å². The first-order valence-corrected chi connectivity index (χ1v) is 6.12. The average molecular weight is 272 g/mol. The van der Waals surface area contributed by atoms with Crippen molar-refractivity contribution >= 4 is 28.8 Å². The van der Waals surface area contributed by atoms with E-state index in [0.717, 1.165) is 17.1 Å². The van der Waals surface area contributed by atoms with Crippen molar-refractivity contribution in [3.05, 3.63) is 33.1 Å². The highest BCUT2D eigenvalue weighted by Gasteiger charge is 2.17. The van der Waals surface area contributed by atoms with E-state index in [0.29, 0.717) is 5.76 Å². The van der Waals surface area contributed by atoms with Crippen molar-refractivity contribution in [2.24, 2.45) is 0 Å². The number of amides is 1. The van der Waals surface area contributed by atoms with Crippen LogP contribution in [0.5, 0.6) is 0 Å². The molecule has 5 nitrogen and oxygen atoms in total. The van der Waals surface area contributed by atoms with E-state index in [4.69, 9.17) is 16.0 Å². The van der Waals surface area contributed by atoms with Crippen molar-refractivity contribution in [3.8, 4) is 0 Å². The molecule has 2 rings (SSSR count). The number of halogens is 1. The minimum Gasteiger partial charge on any atom is -0.464 e. The van der Waals surface area contributed by atoms with E-state index < -0.39 is 0 Å². The monoisotopic (exact) mass is 271 g/mol. The van der Waals surface area contributed by atoms with Crippen LogP contribution in [0.25, 0.3) is 0 Å². The molecule has 2 heterocycles. The van der Waals surface area contributed by atoms with Crippen LogP contribution in [-0.4, -0.2) is 16.1 Å².